The van der Waals surface area contributed by atoms with Crippen LogP contribution in [0, 0.1) is 0 Å². The van der Waals surface area contributed by atoms with Gasteiger partial charge in [-0.1, -0.05) is 18.2 Å². The van der Waals surface area contributed by atoms with Crippen molar-refractivity contribution in [2.45, 2.75) is 31.8 Å². The summed E-state index contributed by atoms with van der Waals surface area (Å²) in [5.41, 5.74) is 1.53. The fraction of sp³-hybridized carbons (Fsp3) is 0.238. The van der Waals surface area contributed by atoms with Gasteiger partial charge in [-0.15, -0.1) is 0 Å². The summed E-state index contributed by atoms with van der Waals surface area (Å²) < 4.78 is 7.66. The molecule has 3 aromatic rings. The first-order chi connectivity index (χ1) is 12.8. The van der Waals surface area contributed by atoms with Gasteiger partial charge >= 0.3 is 0 Å². The monoisotopic (exact) mass is 347 g/mol. The molecular weight excluding hydrogens is 326 g/mol. The van der Waals surface area contributed by atoms with Crippen molar-refractivity contribution >= 4 is 11.7 Å². The summed E-state index contributed by atoms with van der Waals surface area (Å²) in [4.78, 5) is 12.4. The van der Waals surface area contributed by atoms with Gasteiger partial charge in [-0.3, -0.25) is 4.79 Å². The van der Waals surface area contributed by atoms with Crippen LogP contribution >= 0.6 is 0 Å². The molecule has 2 aromatic carbocycles. The van der Waals surface area contributed by atoms with Crippen LogP contribution in [0.5, 0.6) is 5.75 Å². The summed E-state index contributed by atoms with van der Waals surface area (Å²) in [5, 5.41) is 7.22. The van der Waals surface area contributed by atoms with E-state index in [9.17, 15) is 4.79 Å². The average Bonchev–Trinajstić information content (AvgIpc) is 3.35. The Morgan fingerprint density at radius 2 is 1.73 bits per heavy atom. The molecule has 0 bridgehead atoms. The van der Waals surface area contributed by atoms with Crippen LogP contribution in [-0.2, 0) is 0 Å². The molecule has 0 unspecified atom stereocenters. The number of hydrogen-bond donors (Lipinski definition) is 1. The van der Waals surface area contributed by atoms with Gasteiger partial charge < -0.3 is 10.1 Å². The number of anilines is 1. The molecule has 1 saturated carbocycles. The van der Waals surface area contributed by atoms with Crippen LogP contribution in [-0.4, -0.2) is 21.8 Å². The molecule has 1 aliphatic carbocycles. The van der Waals surface area contributed by atoms with Crippen molar-refractivity contribution in [1.82, 2.24) is 9.78 Å². The standard InChI is InChI=1S/C21H21N3O2/c25-21(16-10-12-19(13-11-16)26-18-8-4-5-9-18)22-20-14-15-24(23-20)17-6-2-1-3-7-17/h1-3,6-7,10-15,18H,4-5,8-9H2,(H,22,23,25). The van der Waals surface area contributed by atoms with Crippen LogP contribution in [0.4, 0.5) is 5.82 Å². The van der Waals surface area contributed by atoms with Crippen LogP contribution in [0.2, 0.25) is 0 Å². The smallest absolute Gasteiger partial charge is 0.256 e. The molecule has 1 amide bonds. The van der Waals surface area contributed by atoms with Crippen LogP contribution in [0.15, 0.2) is 66.9 Å². The van der Waals surface area contributed by atoms with E-state index in [1.807, 2.05) is 48.7 Å². The number of para-hydroxylation sites is 1. The lowest BCUT2D eigenvalue weighted by Crippen LogP contribution is -2.13. The second-order valence-electron chi connectivity index (χ2n) is 6.48. The number of benzene rings is 2. The molecule has 0 atom stereocenters. The van der Waals surface area contributed by atoms with Gasteiger partial charge in [0.15, 0.2) is 5.82 Å². The van der Waals surface area contributed by atoms with E-state index in [4.69, 9.17) is 4.74 Å². The van der Waals surface area contributed by atoms with Crippen molar-refractivity contribution in [1.29, 1.82) is 0 Å². The molecular formula is C21H21N3O2. The van der Waals surface area contributed by atoms with E-state index in [0.29, 0.717) is 17.5 Å². The third-order valence-corrected chi connectivity index (χ3v) is 4.57. The number of nitrogens with one attached hydrogen (secondary N) is 1. The lowest BCUT2D eigenvalue weighted by Gasteiger charge is -2.13. The third-order valence-electron chi connectivity index (χ3n) is 4.57. The molecule has 0 spiro atoms. The fourth-order valence-corrected chi connectivity index (χ4v) is 3.19. The van der Waals surface area contributed by atoms with Gasteiger partial charge in [0.05, 0.1) is 11.8 Å². The second-order valence-corrected chi connectivity index (χ2v) is 6.48. The van der Waals surface area contributed by atoms with E-state index in [0.717, 1.165) is 24.3 Å². The maximum Gasteiger partial charge on any atom is 0.256 e. The average molecular weight is 347 g/mol. The Morgan fingerprint density at radius 3 is 2.46 bits per heavy atom. The second kappa shape index (κ2) is 7.44. The fourth-order valence-electron chi connectivity index (χ4n) is 3.19. The SMILES string of the molecule is O=C(Nc1ccn(-c2ccccc2)n1)c1ccc(OC2CCCC2)cc1. The summed E-state index contributed by atoms with van der Waals surface area (Å²) in [7, 11) is 0. The van der Waals surface area contributed by atoms with E-state index < -0.39 is 0 Å². The largest absolute Gasteiger partial charge is 0.490 e. The van der Waals surface area contributed by atoms with Gasteiger partial charge in [0.1, 0.15) is 5.75 Å². The first kappa shape index (κ1) is 16.4. The summed E-state index contributed by atoms with van der Waals surface area (Å²) >= 11 is 0. The van der Waals surface area contributed by atoms with Crippen molar-refractivity contribution in [2.24, 2.45) is 0 Å². The van der Waals surface area contributed by atoms with Crippen LogP contribution in [0.25, 0.3) is 5.69 Å². The van der Waals surface area contributed by atoms with Crippen LogP contribution < -0.4 is 10.1 Å². The predicted octanol–water partition coefficient (Wildman–Crippen LogP) is 4.45. The number of carbonyl (C=O) groups excluding carboxylic acids is 1. The molecule has 5 heteroatoms. The van der Waals surface area contributed by atoms with Crippen molar-refractivity contribution in [3.8, 4) is 11.4 Å². The van der Waals surface area contributed by atoms with Gasteiger partial charge in [-0.2, -0.15) is 5.10 Å². The summed E-state index contributed by atoms with van der Waals surface area (Å²) in [5.74, 6) is 1.16. The highest BCUT2D eigenvalue weighted by Gasteiger charge is 2.16. The van der Waals surface area contributed by atoms with E-state index in [1.165, 1.54) is 12.8 Å². The minimum absolute atomic E-state index is 0.185. The molecule has 0 saturated heterocycles. The molecule has 1 heterocycles. The summed E-state index contributed by atoms with van der Waals surface area (Å²) in [6, 6.07) is 18.8. The Labute approximate surface area is 152 Å². The maximum atomic E-state index is 12.4. The number of carbonyl (C=O) groups is 1. The van der Waals surface area contributed by atoms with Crippen LogP contribution in [0.1, 0.15) is 36.0 Å². The lowest BCUT2D eigenvalue weighted by atomic mass is 10.2. The quantitative estimate of drug-likeness (QED) is 0.742. The summed E-state index contributed by atoms with van der Waals surface area (Å²) in [6.07, 6.45) is 6.85. The molecule has 1 aliphatic rings. The lowest BCUT2D eigenvalue weighted by molar-refractivity contribution is 0.102. The first-order valence-electron chi connectivity index (χ1n) is 8.97. The molecule has 1 N–H and O–H groups in total. The Balaban J connectivity index is 1.39. The molecule has 5 nitrogen and oxygen atoms in total. The summed E-state index contributed by atoms with van der Waals surface area (Å²) in [6.45, 7) is 0. The minimum atomic E-state index is -0.185. The number of hydrogen-bond acceptors (Lipinski definition) is 3. The third kappa shape index (κ3) is 3.77. The van der Waals surface area contributed by atoms with Crippen molar-refractivity contribution in [2.75, 3.05) is 5.32 Å². The molecule has 132 valence electrons. The van der Waals surface area contributed by atoms with Gasteiger partial charge in [-0.25, -0.2) is 4.68 Å². The zero-order chi connectivity index (χ0) is 17.8. The van der Waals surface area contributed by atoms with Gasteiger partial charge in [0, 0.05) is 17.8 Å². The Kier molecular flexibility index (Phi) is 4.69. The Morgan fingerprint density at radius 1 is 1.00 bits per heavy atom. The highest BCUT2D eigenvalue weighted by Crippen LogP contribution is 2.24. The topological polar surface area (TPSA) is 56.2 Å². The number of amides is 1. The number of ether oxygens (including phenoxy) is 1. The first-order valence-corrected chi connectivity index (χ1v) is 8.97. The zero-order valence-corrected chi connectivity index (χ0v) is 14.5. The van der Waals surface area contributed by atoms with Crippen molar-refractivity contribution in [3.05, 3.63) is 72.4 Å². The molecule has 0 radical (unpaired) electrons. The molecule has 1 aromatic heterocycles. The Hall–Kier alpha value is -3.08. The van der Waals surface area contributed by atoms with E-state index in [-0.39, 0.29) is 5.91 Å². The zero-order valence-electron chi connectivity index (χ0n) is 14.5. The normalized spacial score (nSPS) is 14.3. The van der Waals surface area contributed by atoms with Crippen molar-refractivity contribution < 1.29 is 9.53 Å². The van der Waals surface area contributed by atoms with E-state index in [1.54, 1.807) is 22.9 Å². The number of rotatable bonds is 5. The number of aromatic nitrogens is 2. The maximum absolute atomic E-state index is 12.4. The highest BCUT2D eigenvalue weighted by atomic mass is 16.5. The van der Waals surface area contributed by atoms with Gasteiger partial charge in [-0.05, 0) is 62.1 Å². The van der Waals surface area contributed by atoms with Gasteiger partial charge in [0.2, 0.25) is 0 Å². The number of nitrogens with zero attached hydrogens (tertiary/aromatic N) is 2. The van der Waals surface area contributed by atoms with E-state index >= 15 is 0 Å². The van der Waals surface area contributed by atoms with Crippen molar-refractivity contribution in [3.63, 3.8) is 0 Å². The molecule has 4 rings (SSSR count). The minimum Gasteiger partial charge on any atom is -0.490 e. The van der Waals surface area contributed by atoms with Crippen LogP contribution in [0.3, 0.4) is 0 Å². The molecule has 0 aliphatic heterocycles. The predicted molar refractivity (Wildman–Crippen MR) is 101 cm³/mol. The highest BCUT2D eigenvalue weighted by molar-refractivity contribution is 6.03. The molecule has 26 heavy (non-hydrogen) atoms. The van der Waals surface area contributed by atoms with E-state index in [2.05, 4.69) is 10.4 Å². The molecule has 1 fully saturated rings. The van der Waals surface area contributed by atoms with Gasteiger partial charge in [0.25, 0.3) is 5.91 Å². The Bertz CT molecular complexity index is 866.